The summed E-state index contributed by atoms with van der Waals surface area (Å²) in [6, 6.07) is 2.55. The highest BCUT2D eigenvalue weighted by Crippen LogP contribution is 2.33. The number of halogens is 4. The molecule has 0 unspecified atom stereocenters. The summed E-state index contributed by atoms with van der Waals surface area (Å²) in [4.78, 5) is 11.8. The first kappa shape index (κ1) is 14.1. The van der Waals surface area contributed by atoms with Crippen molar-refractivity contribution in [3.63, 3.8) is 0 Å². The summed E-state index contributed by atoms with van der Waals surface area (Å²) >= 11 is 5.75. The van der Waals surface area contributed by atoms with Crippen LogP contribution < -0.4 is 10.6 Å². The second kappa shape index (κ2) is 5.38. The Morgan fingerprint density at radius 3 is 2.68 bits per heavy atom. The summed E-state index contributed by atoms with van der Waals surface area (Å²) in [7, 11) is 0. The van der Waals surface area contributed by atoms with Crippen LogP contribution in [0.5, 0.6) is 0 Å². The van der Waals surface area contributed by atoms with Gasteiger partial charge in [0.2, 0.25) is 5.91 Å². The van der Waals surface area contributed by atoms with Crippen molar-refractivity contribution in [3.8, 4) is 0 Å². The van der Waals surface area contributed by atoms with Crippen molar-refractivity contribution in [2.45, 2.75) is 25.1 Å². The van der Waals surface area contributed by atoms with Gasteiger partial charge in [-0.15, -0.1) is 0 Å². The second-order valence-electron chi connectivity index (χ2n) is 4.33. The second-order valence-corrected chi connectivity index (χ2v) is 4.74. The molecule has 3 nitrogen and oxygen atoms in total. The molecule has 0 spiro atoms. The van der Waals surface area contributed by atoms with E-state index in [-0.39, 0.29) is 22.7 Å². The zero-order chi connectivity index (χ0) is 14.0. The van der Waals surface area contributed by atoms with Gasteiger partial charge in [-0.3, -0.25) is 4.79 Å². The van der Waals surface area contributed by atoms with Gasteiger partial charge < -0.3 is 10.6 Å². The minimum atomic E-state index is -4.45. The number of alkyl halides is 3. The zero-order valence-corrected chi connectivity index (χ0v) is 10.6. The van der Waals surface area contributed by atoms with E-state index < -0.39 is 11.7 Å². The fourth-order valence-electron chi connectivity index (χ4n) is 1.92. The van der Waals surface area contributed by atoms with Gasteiger partial charge >= 0.3 is 6.18 Å². The molecule has 0 radical (unpaired) electrons. The van der Waals surface area contributed by atoms with Crippen LogP contribution in [0.25, 0.3) is 0 Å². The van der Waals surface area contributed by atoms with Crippen molar-refractivity contribution in [2.24, 2.45) is 0 Å². The molecule has 0 bridgehead atoms. The lowest BCUT2D eigenvalue weighted by Crippen LogP contribution is -2.35. The summed E-state index contributed by atoms with van der Waals surface area (Å²) in [5, 5.41) is 5.40. The van der Waals surface area contributed by atoms with Gasteiger partial charge in [0.25, 0.3) is 0 Å². The number of amides is 1. The van der Waals surface area contributed by atoms with Crippen molar-refractivity contribution in [3.05, 3.63) is 28.8 Å². The number of hydrogen-bond donors (Lipinski definition) is 2. The topological polar surface area (TPSA) is 41.1 Å². The van der Waals surface area contributed by atoms with Crippen molar-refractivity contribution < 1.29 is 18.0 Å². The molecule has 1 amide bonds. The number of anilines is 1. The van der Waals surface area contributed by atoms with E-state index in [4.69, 9.17) is 11.6 Å². The Bertz CT molecular complexity index is 484. The lowest BCUT2D eigenvalue weighted by atomic mass is 10.1. The monoisotopic (exact) mass is 292 g/mol. The molecule has 2 N–H and O–H groups in total. The van der Waals surface area contributed by atoms with E-state index in [2.05, 4.69) is 10.6 Å². The minimum Gasteiger partial charge on any atom is -0.323 e. The maximum absolute atomic E-state index is 12.5. The van der Waals surface area contributed by atoms with Crippen LogP contribution in [0.2, 0.25) is 5.02 Å². The van der Waals surface area contributed by atoms with E-state index in [1.165, 1.54) is 0 Å². The molecule has 7 heteroatoms. The van der Waals surface area contributed by atoms with E-state index >= 15 is 0 Å². The maximum Gasteiger partial charge on any atom is 0.416 e. The third-order valence-corrected chi connectivity index (χ3v) is 3.24. The third kappa shape index (κ3) is 3.39. The van der Waals surface area contributed by atoms with E-state index in [0.29, 0.717) is 6.42 Å². The Balaban J connectivity index is 2.11. The average molecular weight is 293 g/mol. The van der Waals surface area contributed by atoms with Gasteiger partial charge in [0.15, 0.2) is 0 Å². The molecule has 1 heterocycles. The van der Waals surface area contributed by atoms with Gasteiger partial charge in [0.1, 0.15) is 0 Å². The molecular weight excluding hydrogens is 281 g/mol. The Hall–Kier alpha value is -1.27. The summed E-state index contributed by atoms with van der Waals surface area (Å²) < 4.78 is 37.4. The third-order valence-electron chi connectivity index (χ3n) is 2.93. The van der Waals surface area contributed by atoms with Gasteiger partial charge in [-0.1, -0.05) is 11.6 Å². The van der Waals surface area contributed by atoms with Gasteiger partial charge in [0.05, 0.1) is 22.3 Å². The van der Waals surface area contributed by atoms with Crippen LogP contribution in [0, 0.1) is 0 Å². The highest BCUT2D eigenvalue weighted by molar-refractivity contribution is 6.33. The molecule has 1 saturated heterocycles. The molecule has 1 atom stereocenters. The number of carbonyl (C=O) groups is 1. The van der Waals surface area contributed by atoms with Crippen molar-refractivity contribution >= 4 is 23.2 Å². The molecule has 0 saturated carbocycles. The Morgan fingerprint density at radius 2 is 2.16 bits per heavy atom. The Kier molecular flexibility index (Phi) is 4.01. The van der Waals surface area contributed by atoms with E-state index in [0.717, 1.165) is 31.2 Å². The quantitative estimate of drug-likeness (QED) is 0.879. The highest BCUT2D eigenvalue weighted by atomic mass is 35.5. The lowest BCUT2D eigenvalue weighted by molar-refractivity contribution is -0.137. The van der Waals surface area contributed by atoms with Crippen molar-refractivity contribution in [1.29, 1.82) is 0 Å². The minimum absolute atomic E-state index is 0.124. The molecule has 1 aliphatic rings. The summed E-state index contributed by atoms with van der Waals surface area (Å²) in [6.07, 6.45) is -2.83. The van der Waals surface area contributed by atoms with Gasteiger partial charge in [0, 0.05) is 0 Å². The van der Waals surface area contributed by atoms with Gasteiger partial charge in [-0.05, 0) is 37.6 Å². The molecular formula is C12H12ClF3N2O. The summed E-state index contributed by atoms with van der Waals surface area (Å²) in [5.41, 5.74) is -0.650. The predicted octanol–water partition coefficient (Wildman–Crippen LogP) is 3.05. The first-order valence-electron chi connectivity index (χ1n) is 5.79. The number of rotatable bonds is 2. The molecule has 1 aromatic carbocycles. The Labute approximate surface area is 113 Å². The average Bonchev–Trinajstić information content (AvgIpc) is 2.84. The van der Waals surface area contributed by atoms with Gasteiger partial charge in [-0.2, -0.15) is 13.2 Å². The molecule has 104 valence electrons. The zero-order valence-electron chi connectivity index (χ0n) is 9.85. The van der Waals surface area contributed by atoms with Crippen LogP contribution in [0.4, 0.5) is 18.9 Å². The molecule has 1 aromatic rings. The van der Waals surface area contributed by atoms with Crippen LogP contribution in [0.3, 0.4) is 0 Å². The summed E-state index contributed by atoms with van der Waals surface area (Å²) in [6.45, 7) is 0.763. The van der Waals surface area contributed by atoms with Crippen LogP contribution in [-0.2, 0) is 11.0 Å². The smallest absolute Gasteiger partial charge is 0.323 e. The van der Waals surface area contributed by atoms with Crippen molar-refractivity contribution in [2.75, 3.05) is 11.9 Å². The SMILES string of the molecule is O=C(Nc1ccc(C(F)(F)F)cc1Cl)[C@H]1CCCN1. The standard InChI is InChI=1S/C12H12ClF3N2O/c13-8-6-7(12(14,15)16)3-4-9(8)18-11(19)10-2-1-5-17-10/h3-4,6,10,17H,1-2,5H2,(H,18,19)/t10-/m1/s1. The fraction of sp³-hybridized carbons (Fsp3) is 0.417. The van der Waals surface area contributed by atoms with Gasteiger partial charge in [-0.25, -0.2) is 0 Å². The lowest BCUT2D eigenvalue weighted by Gasteiger charge is -2.13. The Morgan fingerprint density at radius 1 is 1.42 bits per heavy atom. The molecule has 0 aromatic heterocycles. The molecule has 19 heavy (non-hydrogen) atoms. The number of benzene rings is 1. The number of hydrogen-bond acceptors (Lipinski definition) is 2. The van der Waals surface area contributed by atoms with Crippen LogP contribution >= 0.6 is 11.6 Å². The fourth-order valence-corrected chi connectivity index (χ4v) is 2.15. The molecule has 2 rings (SSSR count). The van der Waals surface area contributed by atoms with E-state index in [9.17, 15) is 18.0 Å². The maximum atomic E-state index is 12.5. The highest BCUT2D eigenvalue weighted by Gasteiger charge is 2.31. The molecule has 0 aliphatic carbocycles. The molecule has 1 fully saturated rings. The first-order chi connectivity index (χ1) is 8.88. The van der Waals surface area contributed by atoms with Crippen molar-refractivity contribution in [1.82, 2.24) is 5.32 Å². The summed E-state index contributed by atoms with van der Waals surface area (Å²) in [5.74, 6) is -0.279. The van der Waals surface area contributed by atoms with E-state index in [1.54, 1.807) is 0 Å². The van der Waals surface area contributed by atoms with Crippen LogP contribution in [0.15, 0.2) is 18.2 Å². The van der Waals surface area contributed by atoms with Crippen LogP contribution in [-0.4, -0.2) is 18.5 Å². The normalized spacial score (nSPS) is 19.5. The number of carbonyl (C=O) groups excluding carboxylic acids is 1. The number of nitrogens with one attached hydrogen (secondary N) is 2. The predicted molar refractivity (Wildman–Crippen MR) is 66.1 cm³/mol. The largest absolute Gasteiger partial charge is 0.416 e. The first-order valence-corrected chi connectivity index (χ1v) is 6.17. The van der Waals surface area contributed by atoms with Crippen LogP contribution in [0.1, 0.15) is 18.4 Å². The molecule has 1 aliphatic heterocycles. The van der Waals surface area contributed by atoms with E-state index in [1.807, 2.05) is 0 Å².